The molecule has 11 heteroatoms. The van der Waals surface area contributed by atoms with Gasteiger partial charge in [-0.15, -0.1) is 0 Å². The van der Waals surface area contributed by atoms with Crippen LogP contribution in [0.25, 0.3) is 0 Å². The van der Waals surface area contributed by atoms with E-state index in [0.717, 1.165) is 64.2 Å². The minimum absolute atomic E-state index is 0.0108. The van der Waals surface area contributed by atoms with Crippen molar-refractivity contribution in [3.05, 3.63) is 48.6 Å². The van der Waals surface area contributed by atoms with Crippen LogP contribution in [0, 0.1) is 0 Å². The van der Waals surface area contributed by atoms with Gasteiger partial charge in [-0.1, -0.05) is 178 Å². The van der Waals surface area contributed by atoms with Gasteiger partial charge in [0.15, 0.2) is 0 Å². The number of esters is 1. The summed E-state index contributed by atoms with van der Waals surface area (Å²) >= 11 is 0. The van der Waals surface area contributed by atoms with E-state index in [1.54, 1.807) is 0 Å². The van der Waals surface area contributed by atoms with Crippen LogP contribution in [-0.4, -0.2) is 60.5 Å². The first-order valence-corrected chi connectivity index (χ1v) is 25.2. The fourth-order valence-corrected chi connectivity index (χ4v) is 7.22. The number of aliphatic carboxylic acids is 1. The molecule has 0 aliphatic rings. The molecule has 0 heterocycles. The zero-order valence-electron chi connectivity index (χ0n) is 37.6. The molecule has 59 heavy (non-hydrogen) atoms. The predicted octanol–water partition coefficient (Wildman–Crippen LogP) is 13.4. The van der Waals surface area contributed by atoms with Gasteiger partial charge in [0, 0.05) is 13.0 Å². The number of carbonyl (C=O) groups is 2. The zero-order chi connectivity index (χ0) is 43.3. The average Bonchev–Trinajstić information content (AvgIpc) is 3.21. The van der Waals surface area contributed by atoms with Crippen LogP contribution >= 0.6 is 7.82 Å². The Kier molecular flexibility index (Phi) is 42.5. The van der Waals surface area contributed by atoms with Crippen molar-refractivity contribution in [1.29, 1.82) is 0 Å². The van der Waals surface area contributed by atoms with Crippen molar-refractivity contribution < 1.29 is 42.7 Å². The SMILES string of the molecule is CC/C=C\C/C=C\C/C=C\CCCCCCCCCCOCC(COP(=O)(O)OCC(N)C(=O)O)OC(=O)CCCCCCCCCCC/C=C\CCCCCCCC. The lowest BCUT2D eigenvalue weighted by Crippen LogP contribution is -2.34. The first-order valence-electron chi connectivity index (χ1n) is 23.7. The maximum Gasteiger partial charge on any atom is 0.472 e. The quantitative estimate of drug-likeness (QED) is 0.0233. The highest BCUT2D eigenvalue weighted by Crippen LogP contribution is 2.43. The number of hydrogen-bond acceptors (Lipinski definition) is 8. The summed E-state index contributed by atoms with van der Waals surface area (Å²) in [5, 5.41) is 8.91. The summed E-state index contributed by atoms with van der Waals surface area (Å²) in [7, 11) is -4.62. The van der Waals surface area contributed by atoms with Gasteiger partial charge in [-0.3, -0.25) is 18.6 Å². The number of carbonyl (C=O) groups excluding carboxylic acids is 1. The molecule has 344 valence electrons. The van der Waals surface area contributed by atoms with E-state index in [2.05, 4.69) is 62.5 Å². The largest absolute Gasteiger partial charge is 0.480 e. The molecule has 0 spiro atoms. The maximum absolute atomic E-state index is 12.7. The summed E-state index contributed by atoms with van der Waals surface area (Å²) in [6.45, 7) is 3.76. The number of unbranched alkanes of at least 4 members (excludes halogenated alkanes) is 23. The van der Waals surface area contributed by atoms with E-state index in [4.69, 9.17) is 29.4 Å². The number of rotatable bonds is 45. The lowest BCUT2D eigenvalue weighted by Gasteiger charge is -2.20. The predicted molar refractivity (Wildman–Crippen MR) is 244 cm³/mol. The third-order valence-corrected chi connectivity index (χ3v) is 11.0. The highest BCUT2D eigenvalue weighted by Gasteiger charge is 2.27. The summed E-state index contributed by atoms with van der Waals surface area (Å²) < 4.78 is 33.4. The monoisotopic (exact) mass is 854 g/mol. The van der Waals surface area contributed by atoms with Crippen LogP contribution in [0.5, 0.6) is 0 Å². The molecule has 3 atom stereocenters. The van der Waals surface area contributed by atoms with Crippen LogP contribution in [0.4, 0.5) is 0 Å². The third-order valence-electron chi connectivity index (χ3n) is 10.1. The van der Waals surface area contributed by atoms with Gasteiger partial charge in [-0.2, -0.15) is 0 Å². The number of carboxylic acids is 1. The van der Waals surface area contributed by atoms with Crippen molar-refractivity contribution in [2.45, 2.75) is 219 Å². The van der Waals surface area contributed by atoms with Gasteiger partial charge in [-0.25, -0.2) is 4.57 Å². The summed E-state index contributed by atoms with van der Waals surface area (Å²) in [4.78, 5) is 33.6. The topological polar surface area (TPSA) is 155 Å². The van der Waals surface area contributed by atoms with Crippen molar-refractivity contribution in [2.24, 2.45) is 5.73 Å². The standard InChI is InChI=1S/C48H88NO9P/c1-3-5-7-9-11-13-15-17-19-21-23-24-26-28-30-32-34-36-38-40-47(50)58-45(43-56-59(53,54)57-44-46(49)48(51)52)42-55-41-39-37-35-33-31-29-27-25-22-20-18-16-14-12-10-8-6-4-2/h6,8,12,14,17-20,45-46H,3-5,7,9-11,13,15-16,21-44,49H2,1-2H3,(H,51,52)(H,53,54)/b8-6-,14-12-,19-17-,20-18-. The van der Waals surface area contributed by atoms with Crippen molar-refractivity contribution in [3.8, 4) is 0 Å². The number of ether oxygens (including phenoxy) is 2. The molecular formula is C48H88NO9P. The average molecular weight is 854 g/mol. The molecular weight excluding hydrogens is 765 g/mol. The Balaban J connectivity index is 4.19. The van der Waals surface area contributed by atoms with Crippen LogP contribution in [-0.2, 0) is 32.7 Å². The van der Waals surface area contributed by atoms with Gasteiger partial charge >= 0.3 is 19.8 Å². The van der Waals surface area contributed by atoms with E-state index in [1.165, 1.54) is 116 Å². The molecule has 0 fully saturated rings. The molecule has 0 amide bonds. The second-order valence-corrected chi connectivity index (χ2v) is 17.3. The molecule has 0 radical (unpaired) electrons. The smallest absolute Gasteiger partial charge is 0.472 e. The lowest BCUT2D eigenvalue weighted by molar-refractivity contribution is -0.154. The third kappa shape index (κ3) is 43.8. The van der Waals surface area contributed by atoms with Gasteiger partial charge < -0.3 is 25.2 Å². The fraction of sp³-hybridized carbons (Fsp3) is 0.792. The molecule has 3 unspecified atom stereocenters. The molecule has 0 saturated carbocycles. The Morgan fingerprint density at radius 2 is 0.983 bits per heavy atom. The van der Waals surface area contributed by atoms with Gasteiger partial charge in [0.05, 0.1) is 19.8 Å². The van der Waals surface area contributed by atoms with Crippen LogP contribution < -0.4 is 5.73 Å². The summed E-state index contributed by atoms with van der Waals surface area (Å²) in [5.41, 5.74) is 5.36. The summed E-state index contributed by atoms with van der Waals surface area (Å²) in [6.07, 6.45) is 51.6. The highest BCUT2D eigenvalue weighted by atomic mass is 31.2. The molecule has 4 N–H and O–H groups in total. The molecule has 0 saturated heterocycles. The van der Waals surface area contributed by atoms with Crippen molar-refractivity contribution in [2.75, 3.05) is 26.4 Å². The molecule has 10 nitrogen and oxygen atoms in total. The van der Waals surface area contributed by atoms with Crippen LogP contribution in [0.1, 0.15) is 206 Å². The normalized spacial score (nSPS) is 14.2. The molecule has 0 rings (SSSR count). The van der Waals surface area contributed by atoms with E-state index in [-0.39, 0.29) is 13.0 Å². The van der Waals surface area contributed by atoms with E-state index in [1.807, 2.05) is 0 Å². The van der Waals surface area contributed by atoms with Crippen LogP contribution in [0.2, 0.25) is 0 Å². The Morgan fingerprint density at radius 3 is 1.49 bits per heavy atom. The van der Waals surface area contributed by atoms with E-state index in [0.29, 0.717) is 13.0 Å². The van der Waals surface area contributed by atoms with Crippen LogP contribution in [0.3, 0.4) is 0 Å². The van der Waals surface area contributed by atoms with Crippen LogP contribution in [0.15, 0.2) is 48.6 Å². The zero-order valence-corrected chi connectivity index (χ0v) is 38.5. The van der Waals surface area contributed by atoms with Gasteiger partial charge in [0.1, 0.15) is 12.1 Å². The van der Waals surface area contributed by atoms with Crippen molar-refractivity contribution in [1.82, 2.24) is 0 Å². The second kappa shape index (κ2) is 44.0. The maximum atomic E-state index is 12.7. The number of nitrogens with two attached hydrogens (primary N) is 1. The molecule has 0 aromatic rings. The molecule has 0 bridgehead atoms. The number of carboxylic acid groups (broad SMARTS) is 1. The summed E-state index contributed by atoms with van der Waals surface area (Å²) in [5.74, 6) is -1.78. The minimum atomic E-state index is -4.62. The van der Waals surface area contributed by atoms with Crippen molar-refractivity contribution >= 4 is 19.8 Å². The molecule has 0 aromatic carbocycles. The number of hydrogen-bond donors (Lipinski definition) is 3. The first-order chi connectivity index (χ1) is 28.7. The highest BCUT2D eigenvalue weighted by molar-refractivity contribution is 7.47. The Labute approximate surface area is 360 Å². The Bertz CT molecular complexity index is 1130. The fourth-order valence-electron chi connectivity index (χ4n) is 6.44. The van der Waals surface area contributed by atoms with E-state index < -0.39 is 45.1 Å². The Morgan fingerprint density at radius 1 is 0.559 bits per heavy atom. The van der Waals surface area contributed by atoms with Gasteiger partial charge in [0.2, 0.25) is 0 Å². The van der Waals surface area contributed by atoms with E-state index in [9.17, 15) is 19.0 Å². The Hall–Kier alpha value is -2.07. The molecule has 0 aliphatic carbocycles. The number of phosphoric acid groups is 1. The summed E-state index contributed by atoms with van der Waals surface area (Å²) in [6, 6.07) is -1.48. The first kappa shape index (κ1) is 56.9. The number of phosphoric ester groups is 1. The van der Waals surface area contributed by atoms with Gasteiger partial charge in [-0.05, 0) is 70.6 Å². The van der Waals surface area contributed by atoms with Gasteiger partial charge in [0.25, 0.3) is 0 Å². The molecule has 0 aliphatic heterocycles. The lowest BCUT2D eigenvalue weighted by atomic mass is 10.1. The molecule has 0 aromatic heterocycles. The number of allylic oxidation sites excluding steroid dienone is 8. The van der Waals surface area contributed by atoms with E-state index >= 15 is 0 Å². The minimum Gasteiger partial charge on any atom is -0.480 e. The second-order valence-electron chi connectivity index (χ2n) is 15.9. The van der Waals surface area contributed by atoms with Crippen molar-refractivity contribution in [3.63, 3.8) is 0 Å².